The van der Waals surface area contributed by atoms with Gasteiger partial charge in [0, 0.05) is 75.8 Å². The highest BCUT2D eigenvalue weighted by Crippen LogP contribution is 2.34. The molecule has 1 aromatic heterocycles. The number of ether oxygens (including phenoxy) is 1. The molecule has 240 valence electrons. The summed E-state index contributed by atoms with van der Waals surface area (Å²) >= 11 is 0. The first-order chi connectivity index (χ1) is 22.1. The summed E-state index contributed by atoms with van der Waals surface area (Å²) in [5, 5.41) is 3.03. The van der Waals surface area contributed by atoms with Crippen LogP contribution in [0.4, 0.5) is 10.1 Å². The Balaban J connectivity index is 1.34. The van der Waals surface area contributed by atoms with E-state index in [0.717, 1.165) is 16.8 Å². The number of halogens is 1. The molecule has 2 amide bonds. The SMILES string of the molecule is CC(C)C(=O)N1[C@H](C)CN(Cc2c(F)cccc2Oc2ccccc2N(C)C)C[C@@H]1C(=O)NCc1ccc(-c2ncccn2)cc1. The molecule has 1 N–H and O–H groups in total. The first-order valence-electron chi connectivity index (χ1n) is 15.5. The number of carbonyl (C=O) groups is 2. The number of nitrogens with one attached hydrogen (secondary N) is 1. The van der Waals surface area contributed by atoms with Crippen molar-refractivity contribution >= 4 is 17.5 Å². The van der Waals surface area contributed by atoms with Crippen molar-refractivity contribution in [1.29, 1.82) is 0 Å². The Kier molecular flexibility index (Phi) is 10.3. The second kappa shape index (κ2) is 14.5. The molecular weight excluding hydrogens is 583 g/mol. The molecule has 46 heavy (non-hydrogen) atoms. The quantitative estimate of drug-likeness (QED) is 0.249. The summed E-state index contributed by atoms with van der Waals surface area (Å²) in [6.45, 7) is 6.84. The fourth-order valence-corrected chi connectivity index (χ4v) is 5.75. The monoisotopic (exact) mass is 624 g/mol. The Labute approximate surface area is 270 Å². The zero-order valence-electron chi connectivity index (χ0n) is 27.0. The second-order valence-electron chi connectivity index (χ2n) is 12.1. The molecule has 0 radical (unpaired) electrons. The highest BCUT2D eigenvalue weighted by Gasteiger charge is 2.40. The third kappa shape index (κ3) is 7.51. The first kappa shape index (κ1) is 32.6. The lowest BCUT2D eigenvalue weighted by Crippen LogP contribution is -2.64. The molecule has 1 aliphatic rings. The zero-order valence-corrected chi connectivity index (χ0v) is 27.0. The molecule has 1 saturated heterocycles. The molecule has 5 rings (SSSR count). The van der Waals surface area contributed by atoms with Gasteiger partial charge in [0.15, 0.2) is 11.6 Å². The minimum atomic E-state index is -0.749. The van der Waals surface area contributed by atoms with E-state index in [1.165, 1.54) is 6.07 Å². The third-order valence-corrected chi connectivity index (χ3v) is 8.08. The number of hydrogen-bond donors (Lipinski definition) is 1. The van der Waals surface area contributed by atoms with Gasteiger partial charge in [-0.3, -0.25) is 14.5 Å². The molecule has 0 saturated carbocycles. The summed E-state index contributed by atoms with van der Waals surface area (Å²) in [7, 11) is 3.85. The largest absolute Gasteiger partial charge is 0.455 e. The van der Waals surface area contributed by atoms with E-state index in [4.69, 9.17) is 4.74 Å². The Morgan fingerprint density at radius 2 is 1.65 bits per heavy atom. The van der Waals surface area contributed by atoms with E-state index in [-0.39, 0.29) is 36.9 Å². The highest BCUT2D eigenvalue weighted by molar-refractivity contribution is 5.89. The first-order valence-corrected chi connectivity index (χ1v) is 15.5. The van der Waals surface area contributed by atoms with Gasteiger partial charge < -0.3 is 19.9 Å². The third-order valence-electron chi connectivity index (χ3n) is 8.08. The minimum absolute atomic E-state index is 0.0882. The lowest BCUT2D eigenvalue weighted by Gasteiger charge is -2.45. The van der Waals surface area contributed by atoms with Crippen molar-refractivity contribution in [2.24, 2.45) is 5.92 Å². The maximum absolute atomic E-state index is 15.4. The van der Waals surface area contributed by atoms with Crippen molar-refractivity contribution in [3.05, 3.63) is 102 Å². The average molecular weight is 625 g/mol. The van der Waals surface area contributed by atoms with Crippen LogP contribution >= 0.6 is 0 Å². The number of benzene rings is 3. The Hall–Kier alpha value is -4.83. The van der Waals surface area contributed by atoms with Gasteiger partial charge in [-0.25, -0.2) is 14.4 Å². The van der Waals surface area contributed by atoms with Gasteiger partial charge in [-0.15, -0.1) is 0 Å². The van der Waals surface area contributed by atoms with Crippen LogP contribution in [0.1, 0.15) is 31.9 Å². The second-order valence-corrected chi connectivity index (χ2v) is 12.1. The number of para-hydroxylation sites is 2. The molecular formula is C36H41FN6O3. The standard InChI is InChI=1S/C36H41FN6O3/c1-24(2)36(45)43-25(3)21-42(22-28-29(37)10-8-13-32(28)46-33-12-7-6-11-30(33)41(4)5)23-31(43)35(44)40-20-26-14-16-27(17-15-26)34-38-18-9-19-39-34/h6-19,24-25,31H,20-23H2,1-5H3,(H,40,44)/t25-,31-/m1/s1. The van der Waals surface area contributed by atoms with Crippen molar-refractivity contribution in [1.82, 2.24) is 25.1 Å². The molecule has 3 aromatic carbocycles. The van der Waals surface area contributed by atoms with Crippen molar-refractivity contribution in [3.63, 3.8) is 0 Å². The minimum Gasteiger partial charge on any atom is -0.455 e. The fourth-order valence-electron chi connectivity index (χ4n) is 5.75. The molecule has 0 spiro atoms. The van der Waals surface area contributed by atoms with Gasteiger partial charge in [-0.2, -0.15) is 0 Å². The number of nitrogens with zero attached hydrogens (tertiary/aromatic N) is 5. The lowest BCUT2D eigenvalue weighted by atomic mass is 10.0. The molecule has 4 aromatic rings. The number of hydrogen-bond acceptors (Lipinski definition) is 7. The Bertz CT molecular complexity index is 1650. The number of carbonyl (C=O) groups excluding carboxylic acids is 2. The van der Waals surface area contributed by atoms with Crippen LogP contribution in [0.15, 0.2) is 85.2 Å². The van der Waals surface area contributed by atoms with Gasteiger partial charge in [-0.05, 0) is 42.8 Å². The van der Waals surface area contributed by atoms with E-state index < -0.39 is 11.9 Å². The van der Waals surface area contributed by atoms with Gasteiger partial charge in [-0.1, -0.05) is 56.3 Å². The maximum atomic E-state index is 15.4. The molecule has 0 bridgehead atoms. The molecule has 1 aliphatic heterocycles. The lowest BCUT2D eigenvalue weighted by molar-refractivity contribution is -0.150. The van der Waals surface area contributed by atoms with Crippen LogP contribution < -0.4 is 15.0 Å². The van der Waals surface area contributed by atoms with Crippen LogP contribution in [0, 0.1) is 11.7 Å². The number of anilines is 1. The predicted octanol–water partition coefficient (Wildman–Crippen LogP) is 5.51. The van der Waals surface area contributed by atoms with Gasteiger partial charge in [0.2, 0.25) is 11.8 Å². The van der Waals surface area contributed by atoms with E-state index in [0.29, 0.717) is 36.0 Å². The average Bonchev–Trinajstić information content (AvgIpc) is 3.05. The summed E-state index contributed by atoms with van der Waals surface area (Å²) in [6.07, 6.45) is 3.39. The summed E-state index contributed by atoms with van der Waals surface area (Å²) in [5.41, 5.74) is 3.05. The molecule has 0 aliphatic carbocycles. The van der Waals surface area contributed by atoms with Crippen molar-refractivity contribution in [2.45, 2.75) is 45.9 Å². The van der Waals surface area contributed by atoms with E-state index in [9.17, 15) is 9.59 Å². The number of rotatable bonds is 10. The van der Waals surface area contributed by atoms with Crippen LogP contribution in [0.2, 0.25) is 0 Å². The van der Waals surface area contributed by atoms with Crippen LogP contribution in [0.25, 0.3) is 11.4 Å². The van der Waals surface area contributed by atoms with Gasteiger partial charge in [0.25, 0.3) is 0 Å². The molecule has 1 fully saturated rings. The van der Waals surface area contributed by atoms with Crippen molar-refractivity contribution < 1.29 is 18.7 Å². The van der Waals surface area contributed by atoms with E-state index >= 15 is 4.39 Å². The number of amides is 2. The van der Waals surface area contributed by atoms with Crippen LogP contribution in [-0.2, 0) is 22.7 Å². The van der Waals surface area contributed by atoms with Gasteiger partial charge in [0.05, 0.1) is 5.69 Å². The molecule has 10 heteroatoms. The number of aromatic nitrogens is 2. The Morgan fingerprint density at radius 3 is 2.35 bits per heavy atom. The molecule has 2 atom stereocenters. The van der Waals surface area contributed by atoms with E-state index in [1.807, 2.05) is 93.2 Å². The van der Waals surface area contributed by atoms with E-state index in [1.54, 1.807) is 35.5 Å². The maximum Gasteiger partial charge on any atom is 0.244 e. The summed E-state index contributed by atoms with van der Waals surface area (Å²) in [4.78, 5) is 41.4. The highest BCUT2D eigenvalue weighted by atomic mass is 19.1. The van der Waals surface area contributed by atoms with Gasteiger partial charge >= 0.3 is 0 Å². The van der Waals surface area contributed by atoms with Crippen LogP contribution in [0.5, 0.6) is 11.5 Å². The number of piperazine rings is 1. The Morgan fingerprint density at radius 1 is 0.957 bits per heavy atom. The van der Waals surface area contributed by atoms with Crippen LogP contribution in [0.3, 0.4) is 0 Å². The smallest absolute Gasteiger partial charge is 0.244 e. The summed E-state index contributed by atoms with van der Waals surface area (Å²) in [6, 6.07) is 20.8. The topological polar surface area (TPSA) is 90.9 Å². The van der Waals surface area contributed by atoms with Crippen LogP contribution in [-0.4, -0.2) is 70.9 Å². The van der Waals surface area contributed by atoms with Gasteiger partial charge in [0.1, 0.15) is 17.6 Å². The van der Waals surface area contributed by atoms with Crippen molar-refractivity contribution in [3.8, 4) is 22.9 Å². The predicted molar refractivity (Wildman–Crippen MR) is 177 cm³/mol. The zero-order chi connectivity index (χ0) is 32.8. The normalized spacial score (nSPS) is 16.7. The summed E-state index contributed by atoms with van der Waals surface area (Å²) in [5.74, 6) is 0.636. The molecule has 2 heterocycles. The van der Waals surface area contributed by atoms with Crippen molar-refractivity contribution in [2.75, 3.05) is 32.1 Å². The van der Waals surface area contributed by atoms with E-state index in [2.05, 4.69) is 15.3 Å². The summed E-state index contributed by atoms with van der Waals surface area (Å²) < 4.78 is 21.7. The molecule has 0 unspecified atom stereocenters. The molecule has 9 nitrogen and oxygen atoms in total. The fraction of sp³-hybridized carbons (Fsp3) is 0.333.